The molecule has 1 fully saturated rings. The fourth-order valence-corrected chi connectivity index (χ4v) is 2.13. The second-order valence-corrected chi connectivity index (χ2v) is 4.56. The summed E-state index contributed by atoms with van der Waals surface area (Å²) in [6, 6.07) is 1.81. The molecule has 21 heavy (non-hydrogen) atoms. The van der Waals surface area contributed by atoms with Crippen LogP contribution in [0.2, 0.25) is 0 Å². The summed E-state index contributed by atoms with van der Waals surface area (Å²) in [6.07, 6.45) is 0.849. The van der Waals surface area contributed by atoms with E-state index in [4.69, 9.17) is 10.00 Å². The topological polar surface area (TPSA) is 103 Å². The van der Waals surface area contributed by atoms with Gasteiger partial charge in [0.2, 0.25) is 0 Å². The zero-order valence-corrected chi connectivity index (χ0v) is 11.9. The van der Waals surface area contributed by atoms with Gasteiger partial charge in [-0.1, -0.05) is 5.22 Å². The Bertz CT molecular complexity index is 478. The van der Waals surface area contributed by atoms with Gasteiger partial charge < -0.3 is 9.47 Å². The second kappa shape index (κ2) is 7.56. The predicted octanol–water partition coefficient (Wildman–Crippen LogP) is -0.196. The van der Waals surface area contributed by atoms with Crippen LogP contribution in [0, 0.1) is 11.3 Å². The molecule has 1 saturated heterocycles. The van der Waals surface area contributed by atoms with Crippen LogP contribution in [0.15, 0.2) is 21.7 Å². The normalized spacial score (nSPS) is 20.9. The van der Waals surface area contributed by atoms with Crippen LogP contribution in [0.1, 0.15) is 6.42 Å². The van der Waals surface area contributed by atoms with Crippen LogP contribution in [0.3, 0.4) is 0 Å². The molecule has 0 aromatic carbocycles. The van der Waals surface area contributed by atoms with Gasteiger partial charge in [0.05, 0.1) is 20.3 Å². The van der Waals surface area contributed by atoms with Gasteiger partial charge in [-0.15, -0.1) is 5.11 Å². The second-order valence-electron chi connectivity index (χ2n) is 4.56. The lowest BCUT2D eigenvalue weighted by Crippen LogP contribution is -2.39. The van der Waals surface area contributed by atoms with Crippen LogP contribution >= 0.6 is 0 Å². The lowest BCUT2D eigenvalue weighted by atomic mass is 10.2. The highest BCUT2D eigenvalue weighted by Gasteiger charge is 2.24. The molecular weight excluding hydrogens is 276 g/mol. The van der Waals surface area contributed by atoms with E-state index >= 15 is 0 Å². The van der Waals surface area contributed by atoms with Gasteiger partial charge in [0, 0.05) is 26.2 Å². The number of hydrazine groups is 1. The number of rotatable bonds is 5. The summed E-state index contributed by atoms with van der Waals surface area (Å²) < 4.78 is 9.86. The molecule has 0 radical (unpaired) electrons. The third-order valence-electron chi connectivity index (χ3n) is 3.25. The minimum atomic E-state index is -0.715. The molecule has 0 bridgehead atoms. The highest BCUT2D eigenvalue weighted by Crippen LogP contribution is 2.16. The van der Waals surface area contributed by atoms with Gasteiger partial charge in [0.25, 0.3) is 0 Å². The zero-order chi connectivity index (χ0) is 15.1. The maximum Gasteiger partial charge on any atom is 0.352 e. The number of hydrogen-bond donors (Lipinski definition) is 1. The number of nitrogens with one attached hydrogen (secondary N) is 1. The van der Waals surface area contributed by atoms with Crippen molar-refractivity contribution in [2.24, 2.45) is 10.3 Å². The summed E-state index contributed by atoms with van der Waals surface area (Å²) in [5, 5.41) is 18.1. The molecular formula is C12H18N6O3. The first-order valence-corrected chi connectivity index (χ1v) is 6.73. The van der Waals surface area contributed by atoms with Crippen molar-refractivity contribution in [3.05, 3.63) is 11.4 Å². The number of carbonyl (C=O) groups is 1. The Hall–Kier alpha value is -2.18. The number of nitriles is 1. The van der Waals surface area contributed by atoms with E-state index in [1.807, 2.05) is 6.07 Å². The van der Waals surface area contributed by atoms with Gasteiger partial charge in [-0.2, -0.15) is 10.8 Å². The van der Waals surface area contributed by atoms with Crippen LogP contribution in [0.4, 0.5) is 0 Å². The molecule has 0 aromatic heterocycles. The predicted molar refractivity (Wildman–Crippen MR) is 71.2 cm³/mol. The Morgan fingerprint density at radius 1 is 1.48 bits per heavy atom. The Labute approximate surface area is 122 Å². The Balaban J connectivity index is 1.89. The Morgan fingerprint density at radius 2 is 2.24 bits per heavy atom. The molecule has 0 amide bonds. The highest BCUT2D eigenvalue weighted by molar-refractivity contribution is 5.93. The van der Waals surface area contributed by atoms with Crippen LogP contribution in [-0.4, -0.2) is 62.4 Å². The first-order valence-electron chi connectivity index (χ1n) is 6.73. The van der Waals surface area contributed by atoms with E-state index in [0.717, 1.165) is 39.3 Å². The van der Waals surface area contributed by atoms with E-state index in [0.29, 0.717) is 6.54 Å². The number of esters is 1. The van der Waals surface area contributed by atoms with Crippen molar-refractivity contribution in [3.63, 3.8) is 0 Å². The lowest BCUT2D eigenvalue weighted by Gasteiger charge is -2.27. The van der Waals surface area contributed by atoms with E-state index < -0.39 is 5.97 Å². The summed E-state index contributed by atoms with van der Waals surface area (Å²) in [7, 11) is 1.22. The van der Waals surface area contributed by atoms with Crippen molar-refractivity contribution in [2.75, 3.05) is 46.5 Å². The van der Waals surface area contributed by atoms with E-state index in [2.05, 4.69) is 25.5 Å². The van der Waals surface area contributed by atoms with E-state index in [-0.39, 0.29) is 11.4 Å². The quantitative estimate of drug-likeness (QED) is 0.425. The molecule has 2 heterocycles. The molecule has 0 spiro atoms. The van der Waals surface area contributed by atoms with Gasteiger partial charge in [-0.25, -0.2) is 4.79 Å². The molecule has 0 saturated carbocycles. The first kappa shape index (κ1) is 15.2. The maximum absolute atomic E-state index is 11.5. The highest BCUT2D eigenvalue weighted by atomic mass is 16.5. The van der Waals surface area contributed by atoms with Gasteiger partial charge in [0.1, 0.15) is 6.07 Å². The van der Waals surface area contributed by atoms with Crippen LogP contribution < -0.4 is 5.53 Å². The molecule has 2 aliphatic rings. The molecule has 2 rings (SSSR count). The van der Waals surface area contributed by atoms with E-state index in [1.54, 1.807) is 5.01 Å². The minimum Gasteiger partial charge on any atom is -0.465 e. The van der Waals surface area contributed by atoms with Crippen LogP contribution in [0.5, 0.6) is 0 Å². The van der Waals surface area contributed by atoms with E-state index in [1.165, 1.54) is 7.11 Å². The van der Waals surface area contributed by atoms with Crippen molar-refractivity contribution in [1.82, 2.24) is 15.4 Å². The summed E-state index contributed by atoms with van der Waals surface area (Å²) in [5.74, 6) is -0.514. The van der Waals surface area contributed by atoms with Crippen molar-refractivity contribution in [1.29, 1.82) is 5.26 Å². The van der Waals surface area contributed by atoms with Crippen molar-refractivity contribution in [3.8, 4) is 6.07 Å². The molecule has 1 N–H and O–H groups in total. The van der Waals surface area contributed by atoms with Gasteiger partial charge in [0.15, 0.2) is 11.4 Å². The molecule has 0 aromatic rings. The summed E-state index contributed by atoms with van der Waals surface area (Å²) >= 11 is 0. The molecule has 0 atom stereocenters. The number of ether oxygens (including phenoxy) is 2. The number of morpholine rings is 1. The first-order chi connectivity index (χ1) is 10.3. The standard InChI is InChI=1S/C12H18N6O3/c1-20-12(19)10(9-13)11-14-15-16-18(11)4-2-3-17-5-7-21-8-6-17/h2-8H2,1H3,(H,14,16)/b11-10+. The monoisotopic (exact) mass is 294 g/mol. The van der Waals surface area contributed by atoms with Crippen molar-refractivity contribution >= 4 is 5.97 Å². The van der Waals surface area contributed by atoms with Crippen LogP contribution in [-0.2, 0) is 14.3 Å². The third-order valence-corrected chi connectivity index (χ3v) is 3.25. The lowest BCUT2D eigenvalue weighted by molar-refractivity contribution is -0.135. The van der Waals surface area contributed by atoms with Crippen molar-refractivity contribution < 1.29 is 14.3 Å². The maximum atomic E-state index is 11.5. The van der Waals surface area contributed by atoms with E-state index in [9.17, 15) is 4.79 Å². The fourth-order valence-electron chi connectivity index (χ4n) is 2.13. The fraction of sp³-hybridized carbons (Fsp3) is 0.667. The summed E-state index contributed by atoms with van der Waals surface area (Å²) in [5.41, 5.74) is 2.51. The average molecular weight is 294 g/mol. The number of methoxy groups -OCH3 is 1. The Morgan fingerprint density at radius 3 is 2.90 bits per heavy atom. The average Bonchev–Trinajstić information content (AvgIpc) is 2.97. The zero-order valence-electron chi connectivity index (χ0n) is 11.9. The largest absolute Gasteiger partial charge is 0.465 e. The Kier molecular flexibility index (Phi) is 5.48. The smallest absolute Gasteiger partial charge is 0.352 e. The summed E-state index contributed by atoms with van der Waals surface area (Å²) in [6.45, 7) is 4.88. The molecule has 114 valence electrons. The van der Waals surface area contributed by atoms with Gasteiger partial charge in [-0.05, 0) is 6.42 Å². The van der Waals surface area contributed by atoms with Crippen molar-refractivity contribution in [2.45, 2.75) is 6.42 Å². The minimum absolute atomic E-state index is 0.155. The van der Waals surface area contributed by atoms with Gasteiger partial charge >= 0.3 is 5.97 Å². The molecule has 0 unspecified atom stereocenters. The number of nitrogens with zero attached hydrogens (tertiary/aromatic N) is 5. The molecule has 9 heteroatoms. The van der Waals surface area contributed by atoms with Gasteiger partial charge in [-0.3, -0.25) is 9.91 Å². The number of carbonyl (C=O) groups excluding carboxylic acids is 1. The SMILES string of the molecule is COC(=O)/C(C#N)=C1\N=NNN1CCCN1CCOCC1. The molecule has 0 aliphatic carbocycles. The molecule has 9 nitrogen and oxygen atoms in total. The van der Waals surface area contributed by atoms with Crippen LogP contribution in [0.25, 0.3) is 0 Å². The summed E-state index contributed by atoms with van der Waals surface area (Å²) in [4.78, 5) is 13.8. The molecule has 2 aliphatic heterocycles. The third kappa shape index (κ3) is 3.90. The number of hydrogen-bond acceptors (Lipinski definition) is 9.